The summed E-state index contributed by atoms with van der Waals surface area (Å²) < 4.78 is 38.9. The second kappa shape index (κ2) is 10.5. The van der Waals surface area contributed by atoms with Crippen molar-refractivity contribution in [2.24, 2.45) is 0 Å². The molecule has 4 heterocycles. The first kappa shape index (κ1) is 19.5. The molecule has 0 aliphatic carbocycles. The quantitative estimate of drug-likeness (QED) is 0.174. The molecule has 4 aromatic heterocycles. The summed E-state index contributed by atoms with van der Waals surface area (Å²) in [5, 5.41) is 2.96. The van der Waals surface area contributed by atoms with E-state index in [2.05, 4.69) is 41.2 Å². The Morgan fingerprint density at radius 2 is 1.75 bits per heavy atom. The van der Waals surface area contributed by atoms with Gasteiger partial charge in [-0.1, -0.05) is 47.3 Å². The minimum Gasteiger partial charge on any atom is -0.499 e. The fourth-order valence-electron chi connectivity index (χ4n) is 4.02. The second-order valence-corrected chi connectivity index (χ2v) is 9.11. The molecule has 0 saturated heterocycles. The Morgan fingerprint density at radius 3 is 2.58 bits per heavy atom. The molecule has 3 nitrogen and oxygen atoms in total. The first-order chi connectivity index (χ1) is 18.9. The SMILES string of the molecule is [2H]c1nc(-c2[c-]ccc3c2oc2c3ccc3cc(C)sc32)c([2H])c([2H])c1[2H].[Ir].[c-]1ccccc1-c1ccccn1. The van der Waals surface area contributed by atoms with Crippen molar-refractivity contribution in [3.05, 3.63) is 120 Å². The van der Waals surface area contributed by atoms with Crippen LogP contribution in [0.5, 0.6) is 0 Å². The third-order valence-corrected chi connectivity index (χ3v) is 6.63. The third kappa shape index (κ3) is 4.61. The molecule has 1 radical (unpaired) electrons. The standard InChI is InChI=1S/C20H12NOS.C11H8N.Ir/c1-12-11-13-8-9-15-14-5-4-6-16(17-7-2-3-10-21-17)18(14)22-19(15)20(13)23-12;1-2-6-10(7-3-1)11-8-4-5-9-12-11;/h2-5,7-11H,1H3;1-6,8-9H;/q2*-1;/i2D,3D,7D,10D;;. The Balaban J connectivity index is 0.000000209. The summed E-state index contributed by atoms with van der Waals surface area (Å²) >= 11 is 1.67. The van der Waals surface area contributed by atoms with E-state index in [9.17, 15) is 0 Å². The maximum atomic E-state index is 8.20. The van der Waals surface area contributed by atoms with Crippen LogP contribution in [0.2, 0.25) is 0 Å². The number of benzene rings is 3. The molecule has 36 heavy (non-hydrogen) atoms. The molecule has 0 spiro atoms. The van der Waals surface area contributed by atoms with E-state index in [4.69, 9.17) is 9.90 Å². The van der Waals surface area contributed by atoms with E-state index in [1.165, 1.54) is 4.88 Å². The number of furan rings is 1. The summed E-state index contributed by atoms with van der Waals surface area (Å²) in [6, 6.07) is 28.9. The number of aryl methyl sites for hydroxylation is 1. The van der Waals surface area contributed by atoms with Crippen LogP contribution in [0.15, 0.2) is 108 Å². The molecule has 0 amide bonds. The molecule has 0 saturated carbocycles. The van der Waals surface area contributed by atoms with Gasteiger partial charge in [-0.15, -0.1) is 65.4 Å². The monoisotopic (exact) mass is 665 g/mol. The number of nitrogens with zero attached hydrogens (tertiary/aromatic N) is 2. The topological polar surface area (TPSA) is 38.9 Å². The maximum absolute atomic E-state index is 8.20. The molecule has 177 valence electrons. The van der Waals surface area contributed by atoms with E-state index < -0.39 is 0 Å². The average Bonchev–Trinajstić information content (AvgIpc) is 3.55. The predicted octanol–water partition coefficient (Wildman–Crippen LogP) is 8.52. The van der Waals surface area contributed by atoms with Gasteiger partial charge in [0.1, 0.15) is 5.58 Å². The van der Waals surface area contributed by atoms with E-state index in [-0.39, 0.29) is 50.1 Å². The van der Waals surface area contributed by atoms with E-state index in [1.54, 1.807) is 23.6 Å². The third-order valence-electron chi connectivity index (χ3n) is 5.56. The minimum atomic E-state index is -0.351. The zero-order valence-electron chi connectivity index (χ0n) is 23.0. The van der Waals surface area contributed by atoms with Crippen LogP contribution < -0.4 is 0 Å². The Bertz CT molecular complexity index is 1940. The molecule has 7 rings (SSSR count). The van der Waals surface area contributed by atoms with E-state index in [0.29, 0.717) is 11.1 Å². The summed E-state index contributed by atoms with van der Waals surface area (Å²) in [5.41, 5.74) is 3.91. The summed E-state index contributed by atoms with van der Waals surface area (Å²) in [5.74, 6) is 0. The minimum absolute atomic E-state index is 0. The molecule has 0 aliphatic heterocycles. The number of hydrogen-bond donors (Lipinski definition) is 0. The van der Waals surface area contributed by atoms with Crippen molar-refractivity contribution < 1.29 is 30.0 Å². The summed E-state index contributed by atoms with van der Waals surface area (Å²) in [6.07, 6.45) is 1.46. The number of thiophene rings is 1. The van der Waals surface area contributed by atoms with E-state index >= 15 is 0 Å². The van der Waals surface area contributed by atoms with Crippen LogP contribution in [0.3, 0.4) is 0 Å². The van der Waals surface area contributed by atoms with Crippen molar-refractivity contribution in [2.75, 3.05) is 0 Å². The smallest absolute Gasteiger partial charge is 0.138 e. The summed E-state index contributed by atoms with van der Waals surface area (Å²) in [7, 11) is 0. The Labute approximate surface area is 232 Å². The van der Waals surface area contributed by atoms with Crippen LogP contribution in [-0.4, -0.2) is 9.97 Å². The largest absolute Gasteiger partial charge is 0.499 e. The second-order valence-electron chi connectivity index (χ2n) is 7.85. The molecule has 0 bridgehead atoms. The number of pyridine rings is 2. The molecule has 0 aliphatic rings. The molecule has 3 aromatic carbocycles. The van der Waals surface area contributed by atoms with Crippen molar-refractivity contribution in [3.63, 3.8) is 0 Å². The normalized spacial score (nSPS) is 12.2. The van der Waals surface area contributed by atoms with Crippen LogP contribution in [0.25, 0.3) is 54.5 Å². The molecule has 5 heteroatoms. The predicted molar refractivity (Wildman–Crippen MR) is 144 cm³/mol. The van der Waals surface area contributed by atoms with Gasteiger partial charge < -0.3 is 14.4 Å². The fraction of sp³-hybridized carbons (Fsp3) is 0.0323. The van der Waals surface area contributed by atoms with Crippen molar-refractivity contribution in [1.82, 2.24) is 9.97 Å². The van der Waals surface area contributed by atoms with Gasteiger partial charge in [0.05, 0.1) is 15.8 Å². The van der Waals surface area contributed by atoms with Crippen LogP contribution >= 0.6 is 11.3 Å². The number of rotatable bonds is 2. The molecule has 0 atom stereocenters. The molecular weight excluding hydrogens is 641 g/mol. The van der Waals surface area contributed by atoms with Crippen molar-refractivity contribution in [3.8, 4) is 22.5 Å². The van der Waals surface area contributed by atoms with E-state index in [1.807, 2.05) is 54.6 Å². The average molecular weight is 665 g/mol. The van der Waals surface area contributed by atoms with Gasteiger partial charge in [-0.2, -0.15) is 0 Å². The van der Waals surface area contributed by atoms with Gasteiger partial charge in [-0.25, -0.2) is 0 Å². The van der Waals surface area contributed by atoms with Crippen LogP contribution in [0, 0.1) is 19.1 Å². The first-order valence-corrected chi connectivity index (χ1v) is 11.8. The van der Waals surface area contributed by atoms with E-state index in [0.717, 1.165) is 37.7 Å². The van der Waals surface area contributed by atoms with Crippen LogP contribution in [0.1, 0.15) is 10.4 Å². The van der Waals surface area contributed by atoms with Gasteiger partial charge >= 0.3 is 0 Å². The Kier molecular flexibility index (Phi) is 5.73. The molecule has 0 N–H and O–H groups in total. The zero-order valence-corrected chi connectivity index (χ0v) is 22.3. The van der Waals surface area contributed by atoms with Crippen LogP contribution in [0.4, 0.5) is 0 Å². The summed E-state index contributed by atoms with van der Waals surface area (Å²) in [4.78, 5) is 9.49. The van der Waals surface area contributed by atoms with Gasteiger partial charge in [0.15, 0.2) is 0 Å². The molecule has 0 unspecified atom stereocenters. The first-order valence-electron chi connectivity index (χ1n) is 13.0. The summed E-state index contributed by atoms with van der Waals surface area (Å²) in [6.45, 7) is 2.06. The van der Waals surface area contributed by atoms with Crippen molar-refractivity contribution in [2.45, 2.75) is 6.92 Å². The zero-order chi connectivity index (χ0) is 27.1. The number of fused-ring (bicyclic) bond motifs is 5. The van der Waals surface area contributed by atoms with Crippen molar-refractivity contribution >= 4 is 43.4 Å². The van der Waals surface area contributed by atoms with Gasteiger partial charge in [-0.3, -0.25) is 0 Å². The van der Waals surface area contributed by atoms with Gasteiger partial charge in [0.2, 0.25) is 0 Å². The Hall–Kier alpha value is -3.63. The molecule has 0 fully saturated rings. The van der Waals surface area contributed by atoms with Crippen LogP contribution in [-0.2, 0) is 20.1 Å². The van der Waals surface area contributed by atoms with Gasteiger partial charge in [0, 0.05) is 42.7 Å². The van der Waals surface area contributed by atoms with Gasteiger partial charge in [0.25, 0.3) is 0 Å². The maximum Gasteiger partial charge on any atom is 0.138 e. The molecule has 7 aromatic rings. The van der Waals surface area contributed by atoms with Gasteiger partial charge in [-0.05, 0) is 41.9 Å². The fourth-order valence-corrected chi connectivity index (χ4v) is 5.02. The Morgan fingerprint density at radius 1 is 0.861 bits per heavy atom. The number of aromatic nitrogens is 2. The number of hydrogen-bond acceptors (Lipinski definition) is 4. The van der Waals surface area contributed by atoms with Crippen molar-refractivity contribution in [1.29, 1.82) is 0 Å². The molecular formula is C31H20IrN2OS-2.